The lowest BCUT2D eigenvalue weighted by Gasteiger charge is -2.30. The van der Waals surface area contributed by atoms with E-state index in [1.165, 1.54) is 0 Å². The van der Waals surface area contributed by atoms with Crippen LogP contribution in [0.5, 0.6) is 0 Å². The van der Waals surface area contributed by atoms with Crippen LogP contribution in [-0.4, -0.2) is 13.2 Å². The van der Waals surface area contributed by atoms with E-state index in [1.807, 2.05) is 6.07 Å². The number of halogens is 1. The highest BCUT2D eigenvalue weighted by atomic mass is 19.1. The topological polar surface area (TPSA) is 47.3 Å². The zero-order chi connectivity index (χ0) is 12.3. The van der Waals surface area contributed by atoms with Crippen LogP contribution in [0.25, 0.3) is 0 Å². The lowest BCUT2D eigenvalue weighted by molar-refractivity contribution is 0.0384. The highest BCUT2D eigenvalue weighted by molar-refractivity contribution is 5.28. The minimum atomic E-state index is -0.171. The molecule has 1 aromatic carbocycles. The predicted octanol–water partition coefficient (Wildman–Crippen LogP) is 2.07. The molecule has 0 amide bonds. The number of aryl methyl sites for hydroxylation is 1. The van der Waals surface area contributed by atoms with Crippen molar-refractivity contribution in [2.24, 2.45) is 11.8 Å². The van der Waals surface area contributed by atoms with Crippen LogP contribution in [0.1, 0.15) is 30.0 Å². The van der Waals surface area contributed by atoms with Gasteiger partial charge in [0, 0.05) is 18.1 Å². The van der Waals surface area contributed by atoms with Gasteiger partial charge in [0.05, 0.1) is 12.6 Å². The summed E-state index contributed by atoms with van der Waals surface area (Å²) in [6, 6.07) is 5.25. The molecule has 4 heteroatoms. The third kappa shape index (κ3) is 2.65. The average Bonchev–Trinajstić information content (AvgIpc) is 2.37. The fraction of sp³-hybridized carbons (Fsp3) is 0.538. The van der Waals surface area contributed by atoms with E-state index in [-0.39, 0.29) is 17.8 Å². The van der Waals surface area contributed by atoms with Gasteiger partial charge in [-0.15, -0.1) is 0 Å². The summed E-state index contributed by atoms with van der Waals surface area (Å²) in [6.45, 7) is 3.20. The summed E-state index contributed by atoms with van der Waals surface area (Å²) in [5, 5.41) is 0. The van der Waals surface area contributed by atoms with Gasteiger partial charge in [0.15, 0.2) is 0 Å². The number of nitrogens with two attached hydrogens (primary N) is 1. The van der Waals surface area contributed by atoms with E-state index >= 15 is 0 Å². The minimum Gasteiger partial charge on any atom is -0.381 e. The number of hydrogen-bond donors (Lipinski definition) is 2. The molecule has 1 saturated heterocycles. The lowest BCUT2D eigenvalue weighted by Crippen LogP contribution is -2.37. The maximum absolute atomic E-state index is 14.1. The van der Waals surface area contributed by atoms with E-state index in [0.29, 0.717) is 17.7 Å². The molecular formula is C13H19FN2O. The molecular weight excluding hydrogens is 219 g/mol. The Labute approximate surface area is 101 Å². The molecule has 0 radical (unpaired) electrons. The average molecular weight is 238 g/mol. The molecule has 2 rings (SSSR count). The van der Waals surface area contributed by atoms with Crippen molar-refractivity contribution in [3.8, 4) is 0 Å². The van der Waals surface area contributed by atoms with Gasteiger partial charge in [-0.3, -0.25) is 11.3 Å². The van der Waals surface area contributed by atoms with Crippen LogP contribution in [0.3, 0.4) is 0 Å². The Morgan fingerprint density at radius 1 is 1.53 bits per heavy atom. The van der Waals surface area contributed by atoms with Gasteiger partial charge in [0.2, 0.25) is 0 Å². The van der Waals surface area contributed by atoms with E-state index in [1.54, 1.807) is 19.1 Å². The van der Waals surface area contributed by atoms with Crippen molar-refractivity contribution in [3.05, 3.63) is 35.1 Å². The van der Waals surface area contributed by atoms with Gasteiger partial charge in [-0.25, -0.2) is 4.39 Å². The second-order valence-electron chi connectivity index (χ2n) is 4.60. The molecule has 2 atom stereocenters. The predicted molar refractivity (Wildman–Crippen MR) is 64.7 cm³/mol. The molecule has 1 aromatic rings. The minimum absolute atomic E-state index is 0.166. The van der Waals surface area contributed by atoms with E-state index in [0.717, 1.165) is 19.4 Å². The molecule has 3 nitrogen and oxygen atoms in total. The molecule has 17 heavy (non-hydrogen) atoms. The normalized spacial score (nSPS) is 22.4. The second-order valence-corrected chi connectivity index (χ2v) is 4.60. The lowest BCUT2D eigenvalue weighted by atomic mass is 9.88. The molecule has 0 aliphatic carbocycles. The van der Waals surface area contributed by atoms with Gasteiger partial charge >= 0.3 is 0 Å². The Hall–Kier alpha value is -0.970. The first kappa shape index (κ1) is 12.5. The van der Waals surface area contributed by atoms with Gasteiger partial charge in [0.1, 0.15) is 5.82 Å². The quantitative estimate of drug-likeness (QED) is 0.626. The molecule has 1 aliphatic rings. The van der Waals surface area contributed by atoms with E-state index in [9.17, 15) is 4.39 Å². The summed E-state index contributed by atoms with van der Waals surface area (Å²) in [4.78, 5) is 0. The van der Waals surface area contributed by atoms with E-state index in [2.05, 4.69) is 5.43 Å². The third-order valence-electron chi connectivity index (χ3n) is 3.40. The van der Waals surface area contributed by atoms with Gasteiger partial charge in [-0.2, -0.15) is 0 Å². The molecule has 0 aromatic heterocycles. The molecule has 94 valence electrons. The van der Waals surface area contributed by atoms with E-state index < -0.39 is 0 Å². The van der Waals surface area contributed by atoms with Crippen molar-refractivity contribution in [1.82, 2.24) is 5.43 Å². The van der Waals surface area contributed by atoms with Crippen LogP contribution in [0.4, 0.5) is 4.39 Å². The van der Waals surface area contributed by atoms with Crippen LogP contribution in [-0.2, 0) is 4.74 Å². The smallest absolute Gasteiger partial charge is 0.130 e. The molecule has 0 spiro atoms. The van der Waals surface area contributed by atoms with Gasteiger partial charge in [-0.05, 0) is 25.3 Å². The Kier molecular flexibility index (Phi) is 4.10. The van der Waals surface area contributed by atoms with Gasteiger partial charge in [-0.1, -0.05) is 18.2 Å². The van der Waals surface area contributed by atoms with Gasteiger partial charge < -0.3 is 4.74 Å². The van der Waals surface area contributed by atoms with Crippen molar-refractivity contribution < 1.29 is 9.13 Å². The molecule has 0 saturated carbocycles. The molecule has 2 unspecified atom stereocenters. The van der Waals surface area contributed by atoms with Crippen LogP contribution < -0.4 is 11.3 Å². The Morgan fingerprint density at radius 3 is 3.00 bits per heavy atom. The summed E-state index contributed by atoms with van der Waals surface area (Å²) in [5.74, 6) is 5.66. The third-order valence-corrected chi connectivity index (χ3v) is 3.40. The van der Waals surface area contributed by atoms with Crippen molar-refractivity contribution in [1.29, 1.82) is 0 Å². The molecule has 1 aliphatic heterocycles. The second kappa shape index (κ2) is 5.58. The van der Waals surface area contributed by atoms with Crippen molar-refractivity contribution >= 4 is 0 Å². The van der Waals surface area contributed by atoms with Crippen LogP contribution in [0.15, 0.2) is 18.2 Å². The highest BCUT2D eigenvalue weighted by Crippen LogP contribution is 2.30. The number of rotatable bonds is 3. The monoisotopic (exact) mass is 238 g/mol. The number of nitrogens with one attached hydrogen (secondary N) is 1. The summed E-state index contributed by atoms with van der Waals surface area (Å²) in [6.07, 6.45) is 2.03. The Bertz CT molecular complexity index is 378. The van der Waals surface area contributed by atoms with Crippen molar-refractivity contribution in [2.45, 2.75) is 25.8 Å². The maximum Gasteiger partial charge on any atom is 0.130 e. The first-order valence-corrected chi connectivity index (χ1v) is 6.03. The first-order valence-electron chi connectivity index (χ1n) is 6.03. The largest absolute Gasteiger partial charge is 0.381 e. The number of hydrogen-bond acceptors (Lipinski definition) is 3. The molecule has 3 N–H and O–H groups in total. The molecule has 0 bridgehead atoms. The number of ether oxygens (including phenoxy) is 1. The fourth-order valence-corrected chi connectivity index (χ4v) is 2.42. The summed E-state index contributed by atoms with van der Waals surface area (Å²) < 4.78 is 19.5. The SMILES string of the molecule is Cc1cccc(C(NN)C2CCCOC2)c1F. The van der Waals surface area contributed by atoms with Crippen LogP contribution in [0.2, 0.25) is 0 Å². The Morgan fingerprint density at radius 2 is 2.35 bits per heavy atom. The molecule has 1 heterocycles. The zero-order valence-electron chi connectivity index (χ0n) is 10.1. The number of hydrazine groups is 1. The highest BCUT2D eigenvalue weighted by Gasteiger charge is 2.27. The number of benzene rings is 1. The standard InChI is InChI=1S/C13H19FN2O/c1-9-4-2-6-11(12(9)14)13(16-15)10-5-3-7-17-8-10/h2,4,6,10,13,16H,3,5,7-8,15H2,1H3. The molecule has 1 fully saturated rings. The van der Waals surface area contributed by atoms with Gasteiger partial charge in [0.25, 0.3) is 0 Å². The van der Waals surface area contributed by atoms with Crippen molar-refractivity contribution in [2.75, 3.05) is 13.2 Å². The zero-order valence-corrected chi connectivity index (χ0v) is 10.1. The Balaban J connectivity index is 2.24. The maximum atomic E-state index is 14.1. The van der Waals surface area contributed by atoms with Crippen LogP contribution >= 0.6 is 0 Å². The summed E-state index contributed by atoms with van der Waals surface area (Å²) in [5.41, 5.74) is 4.03. The summed E-state index contributed by atoms with van der Waals surface area (Å²) in [7, 11) is 0. The summed E-state index contributed by atoms with van der Waals surface area (Å²) >= 11 is 0. The fourth-order valence-electron chi connectivity index (χ4n) is 2.42. The van der Waals surface area contributed by atoms with Crippen molar-refractivity contribution in [3.63, 3.8) is 0 Å². The van der Waals surface area contributed by atoms with E-state index in [4.69, 9.17) is 10.6 Å². The first-order chi connectivity index (χ1) is 8.24. The van der Waals surface area contributed by atoms with Crippen LogP contribution in [0, 0.1) is 18.7 Å².